The lowest BCUT2D eigenvalue weighted by Gasteiger charge is -2.19. The van der Waals surface area contributed by atoms with Gasteiger partial charge in [-0.15, -0.1) is 0 Å². The maximum atomic E-state index is 12.2. The fourth-order valence-electron chi connectivity index (χ4n) is 2.29. The highest BCUT2D eigenvalue weighted by Gasteiger charge is 2.36. The molecule has 0 radical (unpaired) electrons. The van der Waals surface area contributed by atoms with Crippen molar-refractivity contribution in [3.05, 3.63) is 29.8 Å². The summed E-state index contributed by atoms with van der Waals surface area (Å²) in [7, 11) is 3.86. The zero-order valence-electron chi connectivity index (χ0n) is 11.7. The van der Waals surface area contributed by atoms with Crippen LogP contribution in [0, 0.1) is 0 Å². The van der Waals surface area contributed by atoms with Gasteiger partial charge in [-0.25, -0.2) is 4.79 Å². The summed E-state index contributed by atoms with van der Waals surface area (Å²) in [5.74, 6) is -1.55. The van der Waals surface area contributed by atoms with E-state index in [1.165, 1.54) is 4.90 Å². The van der Waals surface area contributed by atoms with Gasteiger partial charge in [-0.2, -0.15) is 0 Å². The van der Waals surface area contributed by atoms with Gasteiger partial charge in [-0.3, -0.25) is 9.69 Å². The van der Waals surface area contributed by atoms with Crippen molar-refractivity contribution < 1.29 is 14.7 Å². The number of rotatable bonds is 4. The molecule has 0 spiro atoms. The van der Waals surface area contributed by atoms with Crippen LogP contribution in [0.1, 0.15) is 11.5 Å². The Morgan fingerprint density at radius 1 is 1.40 bits per heavy atom. The van der Waals surface area contributed by atoms with Crippen LogP contribution in [-0.2, 0) is 4.79 Å². The van der Waals surface area contributed by atoms with Gasteiger partial charge in [-0.1, -0.05) is 18.2 Å². The molecule has 1 aromatic carbocycles. The number of hydrogen-bond donors (Lipinski definition) is 2. The van der Waals surface area contributed by atoms with Crippen LogP contribution in [-0.4, -0.2) is 55.7 Å². The Morgan fingerprint density at radius 2 is 2.10 bits per heavy atom. The van der Waals surface area contributed by atoms with Crippen LogP contribution < -0.4 is 10.2 Å². The van der Waals surface area contributed by atoms with Crippen molar-refractivity contribution in [2.45, 2.75) is 5.92 Å². The third kappa shape index (κ3) is 2.91. The molecule has 1 aliphatic rings. The first kappa shape index (κ1) is 14.3. The van der Waals surface area contributed by atoms with Crippen LogP contribution in [0.5, 0.6) is 0 Å². The van der Waals surface area contributed by atoms with Crippen molar-refractivity contribution in [2.24, 2.45) is 0 Å². The number of nitrogens with zero attached hydrogens (tertiary/aromatic N) is 2. The second-order valence-electron chi connectivity index (χ2n) is 5.10. The predicted molar refractivity (Wildman–Crippen MR) is 76.1 cm³/mol. The largest absolute Gasteiger partial charge is 0.481 e. The van der Waals surface area contributed by atoms with E-state index in [1.54, 1.807) is 18.2 Å². The molecule has 6 heteroatoms. The Hall–Kier alpha value is -2.08. The fraction of sp³-hybridized carbons (Fsp3) is 0.429. The number of carboxylic acid groups (broad SMARTS) is 1. The zero-order valence-corrected chi connectivity index (χ0v) is 11.7. The number of amides is 2. The predicted octanol–water partition coefficient (Wildman–Crippen LogP) is 0.946. The van der Waals surface area contributed by atoms with Crippen LogP contribution in [0.4, 0.5) is 10.5 Å². The molecule has 2 N–H and O–H groups in total. The third-order valence-electron chi connectivity index (χ3n) is 3.35. The molecule has 0 saturated carbocycles. The Kier molecular flexibility index (Phi) is 4.24. The molecule has 2 rings (SSSR count). The molecule has 20 heavy (non-hydrogen) atoms. The van der Waals surface area contributed by atoms with Crippen molar-refractivity contribution in [3.8, 4) is 0 Å². The van der Waals surface area contributed by atoms with Crippen molar-refractivity contribution >= 4 is 17.7 Å². The Labute approximate surface area is 118 Å². The quantitative estimate of drug-likeness (QED) is 0.859. The van der Waals surface area contributed by atoms with E-state index in [1.807, 2.05) is 25.1 Å². The lowest BCUT2D eigenvalue weighted by atomic mass is 10.0. The summed E-state index contributed by atoms with van der Waals surface area (Å²) in [6.07, 6.45) is 0. The average Bonchev–Trinajstić information content (AvgIpc) is 2.78. The molecule has 2 amide bonds. The number of hydrogen-bond acceptors (Lipinski definition) is 3. The van der Waals surface area contributed by atoms with Gasteiger partial charge in [-0.05, 0) is 25.7 Å². The van der Waals surface area contributed by atoms with E-state index in [2.05, 4.69) is 5.32 Å². The van der Waals surface area contributed by atoms with Gasteiger partial charge >= 0.3 is 12.0 Å². The molecule has 0 aliphatic carbocycles. The molecule has 1 heterocycles. The molecule has 6 nitrogen and oxygen atoms in total. The first-order chi connectivity index (χ1) is 9.50. The Balaban J connectivity index is 2.10. The van der Waals surface area contributed by atoms with Gasteiger partial charge in [0.25, 0.3) is 0 Å². The molecule has 108 valence electrons. The molecule has 1 aliphatic heterocycles. The monoisotopic (exact) mass is 277 g/mol. The van der Waals surface area contributed by atoms with Gasteiger partial charge in [0, 0.05) is 25.3 Å². The van der Waals surface area contributed by atoms with Crippen LogP contribution in [0.25, 0.3) is 0 Å². The molecule has 0 fully saturated rings. The maximum Gasteiger partial charge on any atom is 0.321 e. The first-order valence-corrected chi connectivity index (χ1v) is 6.52. The molecular formula is C14H19N3O3. The number of anilines is 1. The van der Waals surface area contributed by atoms with Gasteiger partial charge in [0.05, 0.1) is 0 Å². The summed E-state index contributed by atoms with van der Waals surface area (Å²) >= 11 is 0. The molecule has 1 unspecified atom stereocenters. The van der Waals surface area contributed by atoms with Gasteiger partial charge in [0.15, 0.2) is 0 Å². The summed E-state index contributed by atoms with van der Waals surface area (Å²) in [4.78, 5) is 26.9. The number of carboxylic acids is 1. The van der Waals surface area contributed by atoms with E-state index in [0.717, 1.165) is 6.54 Å². The highest BCUT2D eigenvalue weighted by Crippen LogP contribution is 2.36. The molecule has 0 bridgehead atoms. The lowest BCUT2D eigenvalue weighted by molar-refractivity contribution is -0.138. The van der Waals surface area contributed by atoms with E-state index in [-0.39, 0.29) is 12.6 Å². The zero-order chi connectivity index (χ0) is 14.7. The third-order valence-corrected chi connectivity index (χ3v) is 3.35. The fourth-order valence-corrected chi connectivity index (χ4v) is 2.29. The van der Waals surface area contributed by atoms with E-state index in [0.29, 0.717) is 17.8 Å². The second kappa shape index (κ2) is 5.92. The molecule has 0 aromatic heterocycles. The van der Waals surface area contributed by atoms with Crippen LogP contribution in [0.3, 0.4) is 0 Å². The second-order valence-corrected chi connectivity index (χ2v) is 5.10. The van der Waals surface area contributed by atoms with Crippen LogP contribution in [0.2, 0.25) is 0 Å². The topological polar surface area (TPSA) is 72.9 Å². The van der Waals surface area contributed by atoms with Crippen molar-refractivity contribution in [3.63, 3.8) is 0 Å². The standard InChI is InChI=1S/C14H19N3O3/c1-16(2)8-7-15-14(20)17-9-11(13(18)19)10-5-3-4-6-12(10)17/h3-6,11H,7-9H2,1-2H3,(H,15,20)(H,18,19). The van der Waals surface area contributed by atoms with Gasteiger partial charge in [0.2, 0.25) is 0 Å². The summed E-state index contributed by atoms with van der Waals surface area (Å²) in [5, 5.41) is 12.1. The minimum atomic E-state index is -0.902. The number of para-hydroxylation sites is 1. The maximum absolute atomic E-state index is 12.2. The van der Waals surface area contributed by atoms with Crippen molar-refractivity contribution in [1.82, 2.24) is 10.2 Å². The first-order valence-electron chi connectivity index (χ1n) is 6.52. The van der Waals surface area contributed by atoms with Gasteiger partial charge < -0.3 is 15.3 Å². The lowest BCUT2D eigenvalue weighted by Crippen LogP contribution is -2.42. The minimum Gasteiger partial charge on any atom is -0.481 e. The van der Waals surface area contributed by atoms with E-state index in [4.69, 9.17) is 0 Å². The summed E-state index contributed by atoms with van der Waals surface area (Å²) in [5.41, 5.74) is 1.38. The van der Waals surface area contributed by atoms with Crippen molar-refractivity contribution in [1.29, 1.82) is 0 Å². The molecule has 0 saturated heterocycles. The van der Waals surface area contributed by atoms with Crippen LogP contribution in [0.15, 0.2) is 24.3 Å². The summed E-state index contributed by atoms with van der Waals surface area (Å²) in [6, 6.07) is 6.90. The normalized spacial score (nSPS) is 17.1. The van der Waals surface area contributed by atoms with E-state index < -0.39 is 11.9 Å². The number of aliphatic carboxylic acids is 1. The molecule has 1 atom stereocenters. The van der Waals surface area contributed by atoms with Gasteiger partial charge in [0.1, 0.15) is 5.92 Å². The SMILES string of the molecule is CN(C)CCNC(=O)N1CC(C(=O)O)c2ccccc21. The number of fused-ring (bicyclic) bond motifs is 1. The average molecular weight is 277 g/mol. The smallest absolute Gasteiger partial charge is 0.321 e. The van der Waals surface area contributed by atoms with E-state index in [9.17, 15) is 14.7 Å². The number of urea groups is 1. The summed E-state index contributed by atoms with van der Waals surface area (Å²) < 4.78 is 0. The number of carbonyl (C=O) groups is 2. The number of nitrogens with one attached hydrogen (secondary N) is 1. The molecular weight excluding hydrogens is 258 g/mol. The number of benzene rings is 1. The highest BCUT2D eigenvalue weighted by atomic mass is 16.4. The number of likely N-dealkylation sites (N-methyl/N-ethyl adjacent to an activating group) is 1. The van der Waals surface area contributed by atoms with Crippen molar-refractivity contribution in [2.75, 3.05) is 38.6 Å². The number of carbonyl (C=O) groups excluding carboxylic acids is 1. The Bertz CT molecular complexity index is 516. The van der Waals surface area contributed by atoms with E-state index >= 15 is 0 Å². The molecule has 1 aromatic rings. The minimum absolute atomic E-state index is 0.183. The highest BCUT2D eigenvalue weighted by molar-refractivity contribution is 5.98. The van der Waals surface area contributed by atoms with Crippen LogP contribution >= 0.6 is 0 Å². The Morgan fingerprint density at radius 3 is 2.75 bits per heavy atom. The summed E-state index contributed by atoms with van der Waals surface area (Å²) in [6.45, 7) is 1.45.